The molecule has 1 aromatic rings. The Morgan fingerprint density at radius 1 is 1.47 bits per heavy atom. The fraction of sp³-hybridized carbons (Fsp3) is 0.583. The van der Waals surface area contributed by atoms with Crippen molar-refractivity contribution >= 4 is 5.97 Å². The summed E-state index contributed by atoms with van der Waals surface area (Å²) in [6, 6.07) is 0. The number of hydrogen-bond acceptors (Lipinski definition) is 5. The van der Waals surface area contributed by atoms with Gasteiger partial charge in [0.15, 0.2) is 5.69 Å². The van der Waals surface area contributed by atoms with Crippen LogP contribution in [-0.2, 0) is 24.1 Å². The SMILES string of the molecule is CCCc1nc2c(c(C(=O)OC)n1)CNCC2. The molecular weight excluding hydrogens is 218 g/mol. The van der Waals surface area contributed by atoms with Crippen LogP contribution in [0.3, 0.4) is 0 Å². The number of carbonyl (C=O) groups is 1. The predicted molar refractivity (Wildman–Crippen MR) is 62.8 cm³/mol. The number of esters is 1. The van der Waals surface area contributed by atoms with Gasteiger partial charge in [-0.2, -0.15) is 0 Å². The van der Waals surface area contributed by atoms with E-state index in [1.165, 1.54) is 7.11 Å². The van der Waals surface area contributed by atoms with Crippen LogP contribution in [0.25, 0.3) is 0 Å². The lowest BCUT2D eigenvalue weighted by Crippen LogP contribution is -2.28. The maximum atomic E-state index is 11.7. The number of rotatable bonds is 3. The Labute approximate surface area is 101 Å². The van der Waals surface area contributed by atoms with Crippen molar-refractivity contribution < 1.29 is 9.53 Å². The van der Waals surface area contributed by atoms with Gasteiger partial charge in [0.2, 0.25) is 0 Å². The van der Waals surface area contributed by atoms with Crippen molar-refractivity contribution in [3.05, 3.63) is 22.8 Å². The molecule has 0 unspecified atom stereocenters. The number of methoxy groups -OCH3 is 1. The van der Waals surface area contributed by atoms with Gasteiger partial charge in [0, 0.05) is 31.5 Å². The minimum absolute atomic E-state index is 0.371. The summed E-state index contributed by atoms with van der Waals surface area (Å²) >= 11 is 0. The summed E-state index contributed by atoms with van der Waals surface area (Å²) in [4.78, 5) is 20.5. The van der Waals surface area contributed by atoms with E-state index in [4.69, 9.17) is 4.74 Å². The molecule has 0 saturated carbocycles. The smallest absolute Gasteiger partial charge is 0.357 e. The Kier molecular flexibility index (Phi) is 3.68. The first-order chi connectivity index (χ1) is 8.26. The Hall–Kier alpha value is -1.49. The standard InChI is InChI=1S/C12H17N3O2/c1-3-4-10-14-9-5-6-13-7-8(9)11(15-10)12(16)17-2/h13H,3-7H2,1-2H3. The first-order valence-corrected chi connectivity index (χ1v) is 5.94. The van der Waals surface area contributed by atoms with Gasteiger partial charge in [-0.1, -0.05) is 6.92 Å². The van der Waals surface area contributed by atoms with Crippen molar-refractivity contribution in [3.63, 3.8) is 0 Å². The summed E-state index contributed by atoms with van der Waals surface area (Å²) in [6.07, 6.45) is 2.61. The molecule has 2 heterocycles. The Balaban J connectivity index is 2.46. The molecule has 1 aliphatic heterocycles. The molecule has 0 saturated heterocycles. The van der Waals surface area contributed by atoms with Crippen LogP contribution in [0.15, 0.2) is 0 Å². The predicted octanol–water partition coefficient (Wildman–Crippen LogP) is 0.861. The molecule has 5 heteroatoms. The van der Waals surface area contributed by atoms with Gasteiger partial charge in [-0.25, -0.2) is 14.8 Å². The molecule has 1 aliphatic rings. The number of carbonyl (C=O) groups excluding carboxylic acids is 1. The van der Waals surface area contributed by atoms with Crippen molar-refractivity contribution in [2.45, 2.75) is 32.7 Å². The molecule has 0 spiro atoms. The molecule has 0 fully saturated rings. The summed E-state index contributed by atoms with van der Waals surface area (Å²) in [6.45, 7) is 3.62. The lowest BCUT2D eigenvalue weighted by Gasteiger charge is -2.18. The van der Waals surface area contributed by atoms with Crippen molar-refractivity contribution in [2.75, 3.05) is 13.7 Å². The molecule has 1 N–H and O–H groups in total. The van der Waals surface area contributed by atoms with Crippen molar-refractivity contribution in [3.8, 4) is 0 Å². The zero-order chi connectivity index (χ0) is 12.3. The van der Waals surface area contributed by atoms with E-state index in [0.717, 1.165) is 42.9 Å². The Bertz CT molecular complexity index is 432. The number of fused-ring (bicyclic) bond motifs is 1. The van der Waals surface area contributed by atoms with Crippen LogP contribution in [-0.4, -0.2) is 29.6 Å². The van der Waals surface area contributed by atoms with E-state index in [2.05, 4.69) is 22.2 Å². The van der Waals surface area contributed by atoms with E-state index in [1.807, 2.05) is 0 Å². The second kappa shape index (κ2) is 5.23. The van der Waals surface area contributed by atoms with E-state index >= 15 is 0 Å². The summed E-state index contributed by atoms with van der Waals surface area (Å²) in [5, 5.41) is 3.22. The molecule has 0 amide bonds. The van der Waals surface area contributed by atoms with Gasteiger partial charge in [-0.3, -0.25) is 0 Å². The summed E-state index contributed by atoms with van der Waals surface area (Å²) in [7, 11) is 1.38. The van der Waals surface area contributed by atoms with Gasteiger partial charge in [-0.15, -0.1) is 0 Å². The summed E-state index contributed by atoms with van der Waals surface area (Å²) in [5.74, 6) is 0.373. The van der Waals surface area contributed by atoms with E-state index in [1.54, 1.807) is 0 Å². The van der Waals surface area contributed by atoms with E-state index in [0.29, 0.717) is 12.2 Å². The quantitative estimate of drug-likeness (QED) is 0.787. The van der Waals surface area contributed by atoms with Gasteiger partial charge in [0.05, 0.1) is 12.8 Å². The lowest BCUT2D eigenvalue weighted by atomic mass is 10.0. The first-order valence-electron chi connectivity index (χ1n) is 5.94. The number of nitrogens with one attached hydrogen (secondary N) is 1. The largest absolute Gasteiger partial charge is 0.464 e. The number of aromatic nitrogens is 2. The molecule has 0 aliphatic carbocycles. The molecule has 92 valence electrons. The number of ether oxygens (including phenoxy) is 1. The average Bonchev–Trinajstić information content (AvgIpc) is 2.37. The molecule has 0 radical (unpaired) electrons. The van der Waals surface area contributed by atoms with Crippen LogP contribution in [0.4, 0.5) is 0 Å². The highest BCUT2D eigenvalue weighted by molar-refractivity contribution is 5.89. The summed E-state index contributed by atoms with van der Waals surface area (Å²) < 4.78 is 4.78. The van der Waals surface area contributed by atoms with Gasteiger partial charge in [0.25, 0.3) is 0 Å². The molecule has 0 aromatic carbocycles. The lowest BCUT2D eigenvalue weighted by molar-refractivity contribution is 0.0591. The van der Waals surface area contributed by atoms with E-state index in [9.17, 15) is 4.79 Å². The fourth-order valence-electron chi connectivity index (χ4n) is 2.00. The third-order valence-corrected chi connectivity index (χ3v) is 2.83. The van der Waals surface area contributed by atoms with Crippen molar-refractivity contribution in [2.24, 2.45) is 0 Å². The van der Waals surface area contributed by atoms with Gasteiger partial charge in [-0.05, 0) is 6.42 Å². The fourth-order valence-corrected chi connectivity index (χ4v) is 2.00. The second-order valence-electron chi connectivity index (χ2n) is 4.08. The highest BCUT2D eigenvalue weighted by atomic mass is 16.5. The normalized spacial score (nSPS) is 14.2. The Morgan fingerprint density at radius 3 is 3.00 bits per heavy atom. The Morgan fingerprint density at radius 2 is 2.29 bits per heavy atom. The minimum Gasteiger partial charge on any atom is -0.464 e. The number of nitrogens with zero attached hydrogens (tertiary/aromatic N) is 2. The number of aryl methyl sites for hydroxylation is 1. The zero-order valence-corrected chi connectivity index (χ0v) is 10.2. The molecule has 2 rings (SSSR count). The molecule has 5 nitrogen and oxygen atoms in total. The highest BCUT2D eigenvalue weighted by Gasteiger charge is 2.22. The van der Waals surface area contributed by atoms with Crippen LogP contribution < -0.4 is 5.32 Å². The van der Waals surface area contributed by atoms with Gasteiger partial charge in [0.1, 0.15) is 5.82 Å². The topological polar surface area (TPSA) is 64.1 Å². The van der Waals surface area contributed by atoms with Crippen LogP contribution in [0, 0.1) is 0 Å². The van der Waals surface area contributed by atoms with E-state index < -0.39 is 0 Å². The van der Waals surface area contributed by atoms with Crippen molar-refractivity contribution in [1.82, 2.24) is 15.3 Å². The molecule has 17 heavy (non-hydrogen) atoms. The van der Waals surface area contributed by atoms with Crippen molar-refractivity contribution in [1.29, 1.82) is 0 Å². The van der Waals surface area contributed by atoms with Crippen LogP contribution in [0.2, 0.25) is 0 Å². The van der Waals surface area contributed by atoms with Gasteiger partial charge >= 0.3 is 5.97 Å². The third-order valence-electron chi connectivity index (χ3n) is 2.83. The first kappa shape index (κ1) is 12.0. The maximum Gasteiger partial charge on any atom is 0.357 e. The van der Waals surface area contributed by atoms with Gasteiger partial charge < -0.3 is 10.1 Å². The van der Waals surface area contributed by atoms with E-state index in [-0.39, 0.29) is 5.97 Å². The maximum absolute atomic E-state index is 11.7. The van der Waals surface area contributed by atoms with Crippen LogP contribution in [0.1, 0.15) is 40.9 Å². The summed E-state index contributed by atoms with van der Waals surface area (Å²) in [5.41, 5.74) is 2.30. The average molecular weight is 235 g/mol. The monoisotopic (exact) mass is 235 g/mol. The zero-order valence-electron chi connectivity index (χ0n) is 10.2. The third kappa shape index (κ3) is 2.44. The molecular formula is C12H17N3O2. The number of hydrogen-bond donors (Lipinski definition) is 1. The molecule has 0 atom stereocenters. The van der Waals surface area contributed by atoms with Crippen LogP contribution >= 0.6 is 0 Å². The highest BCUT2D eigenvalue weighted by Crippen LogP contribution is 2.17. The second-order valence-corrected chi connectivity index (χ2v) is 4.08. The molecule has 1 aromatic heterocycles. The molecule has 0 bridgehead atoms. The minimum atomic E-state index is -0.371. The van der Waals surface area contributed by atoms with Crippen LogP contribution in [0.5, 0.6) is 0 Å².